The van der Waals surface area contributed by atoms with Gasteiger partial charge in [0, 0.05) is 24.2 Å². The molecule has 128 valence electrons. The van der Waals surface area contributed by atoms with E-state index in [0.717, 1.165) is 44.6 Å². The molecule has 1 N–H and O–H groups in total. The predicted octanol–water partition coefficient (Wildman–Crippen LogP) is 2.47. The van der Waals surface area contributed by atoms with E-state index in [1.54, 1.807) is 14.2 Å². The van der Waals surface area contributed by atoms with E-state index in [-0.39, 0.29) is 5.91 Å². The molecule has 0 saturated carbocycles. The van der Waals surface area contributed by atoms with Gasteiger partial charge in [-0.2, -0.15) is 0 Å². The molecule has 1 saturated heterocycles. The van der Waals surface area contributed by atoms with Gasteiger partial charge in [0.25, 0.3) is 5.91 Å². The van der Waals surface area contributed by atoms with Gasteiger partial charge in [0.05, 0.1) is 14.2 Å². The van der Waals surface area contributed by atoms with Crippen LogP contribution in [0.2, 0.25) is 0 Å². The minimum Gasteiger partial charge on any atom is -0.496 e. The van der Waals surface area contributed by atoms with E-state index in [2.05, 4.69) is 12.2 Å². The zero-order chi connectivity index (χ0) is 16.8. The van der Waals surface area contributed by atoms with E-state index < -0.39 is 0 Å². The number of amides is 1. The van der Waals surface area contributed by atoms with Gasteiger partial charge >= 0.3 is 0 Å². The third-order valence-electron chi connectivity index (χ3n) is 4.58. The van der Waals surface area contributed by atoms with Crippen molar-refractivity contribution in [3.63, 3.8) is 0 Å². The molecule has 0 bridgehead atoms. The van der Waals surface area contributed by atoms with Gasteiger partial charge in [0.1, 0.15) is 11.5 Å². The first-order valence-electron chi connectivity index (χ1n) is 8.33. The van der Waals surface area contributed by atoms with E-state index in [4.69, 9.17) is 9.47 Å². The van der Waals surface area contributed by atoms with Crippen molar-refractivity contribution in [2.45, 2.75) is 26.7 Å². The van der Waals surface area contributed by atoms with Gasteiger partial charge in [0.15, 0.2) is 0 Å². The van der Waals surface area contributed by atoms with Gasteiger partial charge < -0.3 is 19.7 Å². The standard InChI is InChI=1S/C18H28N2O3/c1-5-19-12-14-6-8-20(9-7-14)18(21)15-10-16(22-3)13(2)17(11-15)23-4/h10-11,14,19H,5-9,12H2,1-4H3. The Balaban J connectivity index is 2.06. The Morgan fingerprint density at radius 2 is 1.78 bits per heavy atom. The Morgan fingerprint density at radius 1 is 1.22 bits per heavy atom. The average molecular weight is 320 g/mol. The summed E-state index contributed by atoms with van der Waals surface area (Å²) in [6.07, 6.45) is 2.11. The van der Waals surface area contributed by atoms with E-state index >= 15 is 0 Å². The fourth-order valence-electron chi connectivity index (χ4n) is 3.08. The highest BCUT2D eigenvalue weighted by atomic mass is 16.5. The van der Waals surface area contributed by atoms with Crippen LogP contribution in [0.15, 0.2) is 12.1 Å². The Hall–Kier alpha value is -1.75. The summed E-state index contributed by atoms with van der Waals surface area (Å²) >= 11 is 0. The molecular formula is C18H28N2O3. The van der Waals surface area contributed by atoms with Crippen LogP contribution in [0, 0.1) is 12.8 Å². The maximum Gasteiger partial charge on any atom is 0.254 e. The fourth-order valence-corrected chi connectivity index (χ4v) is 3.08. The van der Waals surface area contributed by atoms with Crippen LogP contribution in [0.5, 0.6) is 11.5 Å². The molecule has 1 amide bonds. The average Bonchev–Trinajstić information content (AvgIpc) is 2.60. The topological polar surface area (TPSA) is 50.8 Å². The normalized spacial score (nSPS) is 15.6. The fraction of sp³-hybridized carbons (Fsp3) is 0.611. The second kappa shape index (κ2) is 8.20. The summed E-state index contributed by atoms with van der Waals surface area (Å²) in [6, 6.07) is 3.62. The van der Waals surface area contributed by atoms with E-state index in [9.17, 15) is 4.79 Å². The Bertz CT molecular complexity index is 512. The molecule has 0 aromatic heterocycles. The SMILES string of the molecule is CCNCC1CCN(C(=O)c2cc(OC)c(C)c(OC)c2)CC1. The van der Waals surface area contributed by atoms with Crippen molar-refractivity contribution in [1.29, 1.82) is 0 Å². The molecule has 2 rings (SSSR count). The number of nitrogens with one attached hydrogen (secondary N) is 1. The summed E-state index contributed by atoms with van der Waals surface area (Å²) in [5.74, 6) is 2.11. The van der Waals surface area contributed by atoms with Crippen molar-refractivity contribution in [2.24, 2.45) is 5.92 Å². The minimum atomic E-state index is 0.0588. The van der Waals surface area contributed by atoms with Crippen LogP contribution in [0.25, 0.3) is 0 Å². The first-order chi connectivity index (χ1) is 11.1. The number of hydrogen-bond acceptors (Lipinski definition) is 4. The molecule has 0 aliphatic carbocycles. The molecule has 5 nitrogen and oxygen atoms in total. The zero-order valence-electron chi connectivity index (χ0n) is 14.6. The first kappa shape index (κ1) is 17.6. The number of hydrogen-bond donors (Lipinski definition) is 1. The van der Waals surface area contributed by atoms with Gasteiger partial charge in [-0.25, -0.2) is 0 Å². The smallest absolute Gasteiger partial charge is 0.254 e. The molecule has 1 aromatic rings. The lowest BCUT2D eigenvalue weighted by atomic mass is 9.96. The summed E-state index contributed by atoms with van der Waals surface area (Å²) in [5, 5.41) is 3.39. The zero-order valence-corrected chi connectivity index (χ0v) is 14.6. The quantitative estimate of drug-likeness (QED) is 0.875. The second-order valence-electron chi connectivity index (χ2n) is 6.05. The molecule has 0 spiro atoms. The maximum absolute atomic E-state index is 12.8. The van der Waals surface area contributed by atoms with Crippen molar-refractivity contribution >= 4 is 5.91 Å². The van der Waals surface area contributed by atoms with Crippen molar-refractivity contribution in [3.05, 3.63) is 23.3 Å². The van der Waals surface area contributed by atoms with Gasteiger partial charge in [-0.1, -0.05) is 6.92 Å². The second-order valence-corrected chi connectivity index (χ2v) is 6.05. The molecule has 1 heterocycles. The predicted molar refractivity (Wildman–Crippen MR) is 91.5 cm³/mol. The molecule has 5 heteroatoms. The van der Waals surface area contributed by atoms with Crippen LogP contribution in [-0.2, 0) is 0 Å². The molecule has 1 aliphatic rings. The number of likely N-dealkylation sites (tertiary alicyclic amines) is 1. The third kappa shape index (κ3) is 4.16. The molecule has 1 aromatic carbocycles. The van der Waals surface area contributed by atoms with Crippen LogP contribution in [-0.4, -0.2) is 51.2 Å². The van der Waals surface area contributed by atoms with Gasteiger partial charge in [0.2, 0.25) is 0 Å². The number of piperidine rings is 1. The molecule has 0 unspecified atom stereocenters. The number of benzene rings is 1. The molecule has 1 fully saturated rings. The number of ether oxygens (including phenoxy) is 2. The van der Waals surface area contributed by atoms with Crippen molar-refractivity contribution in [2.75, 3.05) is 40.4 Å². The van der Waals surface area contributed by atoms with E-state index in [1.807, 2.05) is 24.0 Å². The lowest BCUT2D eigenvalue weighted by Crippen LogP contribution is -2.40. The summed E-state index contributed by atoms with van der Waals surface area (Å²) in [6.45, 7) is 7.72. The number of nitrogens with zero attached hydrogens (tertiary/aromatic N) is 1. The summed E-state index contributed by atoms with van der Waals surface area (Å²) < 4.78 is 10.7. The van der Waals surface area contributed by atoms with Gasteiger partial charge in [-0.15, -0.1) is 0 Å². The minimum absolute atomic E-state index is 0.0588. The first-order valence-corrected chi connectivity index (χ1v) is 8.33. The highest BCUT2D eigenvalue weighted by molar-refractivity contribution is 5.95. The highest BCUT2D eigenvalue weighted by Crippen LogP contribution is 2.30. The lowest BCUT2D eigenvalue weighted by Gasteiger charge is -2.32. The number of carbonyl (C=O) groups is 1. The van der Waals surface area contributed by atoms with Crippen molar-refractivity contribution in [3.8, 4) is 11.5 Å². The molecule has 0 atom stereocenters. The number of carbonyl (C=O) groups excluding carboxylic acids is 1. The summed E-state index contributed by atoms with van der Waals surface area (Å²) in [7, 11) is 3.23. The maximum atomic E-state index is 12.8. The molecular weight excluding hydrogens is 292 g/mol. The van der Waals surface area contributed by atoms with Crippen LogP contribution in [0.3, 0.4) is 0 Å². The van der Waals surface area contributed by atoms with Crippen LogP contribution in [0.4, 0.5) is 0 Å². The van der Waals surface area contributed by atoms with Crippen molar-refractivity contribution in [1.82, 2.24) is 10.2 Å². The van der Waals surface area contributed by atoms with Crippen molar-refractivity contribution < 1.29 is 14.3 Å². The number of methoxy groups -OCH3 is 2. The van der Waals surface area contributed by atoms with Crippen LogP contribution < -0.4 is 14.8 Å². The van der Waals surface area contributed by atoms with Crippen LogP contribution in [0.1, 0.15) is 35.7 Å². The summed E-state index contributed by atoms with van der Waals surface area (Å²) in [4.78, 5) is 14.7. The Labute approximate surface area is 139 Å². The molecule has 0 radical (unpaired) electrons. The van der Waals surface area contributed by atoms with E-state index in [1.165, 1.54) is 0 Å². The van der Waals surface area contributed by atoms with Gasteiger partial charge in [-0.05, 0) is 50.9 Å². The Kier molecular flexibility index (Phi) is 6.28. The molecule has 23 heavy (non-hydrogen) atoms. The third-order valence-corrected chi connectivity index (χ3v) is 4.58. The number of rotatable bonds is 6. The lowest BCUT2D eigenvalue weighted by molar-refractivity contribution is 0.0689. The Morgan fingerprint density at radius 3 is 2.26 bits per heavy atom. The monoisotopic (exact) mass is 320 g/mol. The van der Waals surface area contributed by atoms with Crippen LogP contribution >= 0.6 is 0 Å². The van der Waals surface area contributed by atoms with E-state index in [0.29, 0.717) is 23.0 Å². The highest BCUT2D eigenvalue weighted by Gasteiger charge is 2.24. The summed E-state index contributed by atoms with van der Waals surface area (Å²) in [5.41, 5.74) is 1.55. The largest absolute Gasteiger partial charge is 0.496 e. The van der Waals surface area contributed by atoms with Gasteiger partial charge in [-0.3, -0.25) is 4.79 Å². The molecule has 1 aliphatic heterocycles.